The van der Waals surface area contributed by atoms with Crippen LogP contribution in [0.15, 0.2) is 12.7 Å². The van der Waals surface area contributed by atoms with Crippen molar-refractivity contribution in [3.05, 3.63) is 12.7 Å². The lowest BCUT2D eigenvalue weighted by atomic mass is 10.4. The number of unbranched alkanes of at least 4 members (excludes halogenated alkanes) is 1. The normalized spacial score (nSPS) is 9.42. The number of ether oxygens (including phenoxy) is 1. The average molecular weight is 188 g/mol. The van der Waals surface area contributed by atoms with Crippen LogP contribution in [0.4, 0.5) is 0 Å². The van der Waals surface area contributed by atoms with E-state index in [1.807, 2.05) is 11.8 Å². The van der Waals surface area contributed by atoms with E-state index in [1.54, 1.807) is 0 Å². The molecule has 2 nitrogen and oxygen atoms in total. The van der Waals surface area contributed by atoms with Crippen molar-refractivity contribution in [2.24, 2.45) is 0 Å². The third-order valence-corrected chi connectivity index (χ3v) is 2.28. The monoisotopic (exact) mass is 188 g/mol. The summed E-state index contributed by atoms with van der Waals surface area (Å²) in [7, 11) is 0. The van der Waals surface area contributed by atoms with Crippen molar-refractivity contribution in [1.82, 2.24) is 0 Å². The molecule has 0 aliphatic heterocycles. The van der Waals surface area contributed by atoms with Crippen LogP contribution in [0.1, 0.15) is 19.8 Å². The molecule has 0 unspecified atom stereocenters. The summed E-state index contributed by atoms with van der Waals surface area (Å²) >= 11 is 1.91. The van der Waals surface area contributed by atoms with Gasteiger partial charge in [-0.05, 0) is 24.3 Å². The fraction of sp³-hybridized carbons (Fsp3) is 0.667. The van der Waals surface area contributed by atoms with Gasteiger partial charge in [0.2, 0.25) is 0 Å². The first-order chi connectivity index (χ1) is 5.81. The van der Waals surface area contributed by atoms with Crippen molar-refractivity contribution in [3.63, 3.8) is 0 Å². The molecular weight excluding hydrogens is 172 g/mol. The Balaban J connectivity index is 3.00. The Morgan fingerprint density at radius 1 is 1.58 bits per heavy atom. The zero-order valence-electron chi connectivity index (χ0n) is 7.54. The molecule has 0 amide bonds. The first kappa shape index (κ1) is 11.6. The van der Waals surface area contributed by atoms with Crippen molar-refractivity contribution in [2.75, 3.05) is 18.1 Å². The van der Waals surface area contributed by atoms with Crippen LogP contribution in [0.3, 0.4) is 0 Å². The van der Waals surface area contributed by atoms with Crippen molar-refractivity contribution < 1.29 is 9.53 Å². The molecule has 0 heterocycles. The van der Waals surface area contributed by atoms with Gasteiger partial charge >= 0.3 is 5.97 Å². The van der Waals surface area contributed by atoms with Gasteiger partial charge in [-0.2, -0.15) is 11.8 Å². The highest BCUT2D eigenvalue weighted by Gasteiger charge is 1.94. The molecule has 12 heavy (non-hydrogen) atoms. The highest BCUT2D eigenvalue weighted by Crippen LogP contribution is 2.03. The van der Waals surface area contributed by atoms with E-state index in [2.05, 4.69) is 13.5 Å². The Bertz CT molecular complexity index is 134. The molecule has 0 aliphatic carbocycles. The topological polar surface area (TPSA) is 26.3 Å². The van der Waals surface area contributed by atoms with Gasteiger partial charge in [-0.1, -0.05) is 13.5 Å². The number of hydrogen-bond donors (Lipinski definition) is 0. The smallest absolute Gasteiger partial charge is 0.330 e. The number of carbonyl (C=O) groups excluding carboxylic acids is 1. The molecule has 70 valence electrons. The lowest BCUT2D eigenvalue weighted by Crippen LogP contribution is -2.01. The minimum absolute atomic E-state index is 0.321. The van der Waals surface area contributed by atoms with Crippen LogP contribution in [-0.4, -0.2) is 24.1 Å². The van der Waals surface area contributed by atoms with E-state index in [9.17, 15) is 4.79 Å². The SMILES string of the molecule is C=CC(=O)OCCCCSCC. The standard InChI is InChI=1S/C9H16O2S/c1-3-9(10)11-7-5-6-8-12-4-2/h3H,1,4-8H2,2H3. The van der Waals surface area contributed by atoms with E-state index in [4.69, 9.17) is 4.74 Å². The van der Waals surface area contributed by atoms with Crippen LogP contribution in [0.5, 0.6) is 0 Å². The highest BCUT2D eigenvalue weighted by molar-refractivity contribution is 7.99. The molecule has 0 rings (SSSR count). The van der Waals surface area contributed by atoms with Gasteiger partial charge in [-0.3, -0.25) is 0 Å². The number of hydrogen-bond acceptors (Lipinski definition) is 3. The minimum Gasteiger partial charge on any atom is -0.463 e. The van der Waals surface area contributed by atoms with Gasteiger partial charge in [0.05, 0.1) is 6.61 Å². The number of esters is 1. The minimum atomic E-state index is -0.321. The van der Waals surface area contributed by atoms with Gasteiger partial charge in [-0.15, -0.1) is 0 Å². The summed E-state index contributed by atoms with van der Waals surface area (Å²) in [5, 5.41) is 0. The van der Waals surface area contributed by atoms with E-state index in [0.717, 1.165) is 24.3 Å². The van der Waals surface area contributed by atoms with Gasteiger partial charge in [0.1, 0.15) is 0 Å². The number of thioether (sulfide) groups is 1. The largest absolute Gasteiger partial charge is 0.463 e. The van der Waals surface area contributed by atoms with Crippen molar-refractivity contribution in [2.45, 2.75) is 19.8 Å². The molecule has 0 saturated heterocycles. The third-order valence-electron chi connectivity index (χ3n) is 1.30. The van der Waals surface area contributed by atoms with Crippen LogP contribution >= 0.6 is 11.8 Å². The van der Waals surface area contributed by atoms with Gasteiger partial charge in [0.25, 0.3) is 0 Å². The summed E-state index contributed by atoms with van der Waals surface area (Å²) < 4.78 is 4.81. The molecule has 0 aliphatic rings. The highest BCUT2D eigenvalue weighted by atomic mass is 32.2. The van der Waals surface area contributed by atoms with Crippen molar-refractivity contribution in [1.29, 1.82) is 0 Å². The van der Waals surface area contributed by atoms with E-state index in [-0.39, 0.29) is 5.97 Å². The molecule has 0 aromatic heterocycles. The summed E-state index contributed by atoms with van der Waals surface area (Å²) in [6.07, 6.45) is 3.26. The Morgan fingerprint density at radius 3 is 2.92 bits per heavy atom. The van der Waals surface area contributed by atoms with Crippen LogP contribution < -0.4 is 0 Å². The lowest BCUT2D eigenvalue weighted by molar-refractivity contribution is -0.137. The second-order valence-corrected chi connectivity index (χ2v) is 3.67. The zero-order valence-corrected chi connectivity index (χ0v) is 8.36. The molecule has 0 saturated carbocycles. The van der Waals surface area contributed by atoms with Crippen molar-refractivity contribution in [3.8, 4) is 0 Å². The predicted molar refractivity (Wildman–Crippen MR) is 53.4 cm³/mol. The van der Waals surface area contributed by atoms with Crippen LogP contribution in [0, 0.1) is 0 Å². The van der Waals surface area contributed by atoms with Crippen LogP contribution in [-0.2, 0) is 9.53 Å². The van der Waals surface area contributed by atoms with Crippen LogP contribution in [0.2, 0.25) is 0 Å². The fourth-order valence-electron chi connectivity index (χ4n) is 0.682. The van der Waals surface area contributed by atoms with Gasteiger partial charge in [-0.25, -0.2) is 4.79 Å². The first-order valence-corrected chi connectivity index (χ1v) is 5.33. The maximum atomic E-state index is 10.6. The molecule has 0 atom stereocenters. The zero-order chi connectivity index (χ0) is 9.23. The Morgan fingerprint density at radius 2 is 2.33 bits per heavy atom. The Kier molecular flexibility index (Phi) is 8.34. The summed E-state index contributed by atoms with van der Waals surface area (Å²) in [4.78, 5) is 10.6. The summed E-state index contributed by atoms with van der Waals surface area (Å²) in [6.45, 7) is 5.97. The molecule has 0 fully saturated rings. The average Bonchev–Trinajstić information content (AvgIpc) is 2.10. The Labute approximate surface area is 78.4 Å². The maximum absolute atomic E-state index is 10.6. The summed E-state index contributed by atoms with van der Waals surface area (Å²) in [6, 6.07) is 0. The van der Waals surface area contributed by atoms with Gasteiger partial charge in [0.15, 0.2) is 0 Å². The number of rotatable bonds is 7. The first-order valence-electron chi connectivity index (χ1n) is 4.18. The molecule has 0 spiro atoms. The van der Waals surface area contributed by atoms with E-state index in [1.165, 1.54) is 6.08 Å². The second-order valence-electron chi connectivity index (χ2n) is 2.28. The third kappa shape index (κ3) is 7.66. The van der Waals surface area contributed by atoms with E-state index < -0.39 is 0 Å². The van der Waals surface area contributed by atoms with Gasteiger partial charge < -0.3 is 4.74 Å². The molecule has 0 radical (unpaired) electrons. The predicted octanol–water partition coefficient (Wildman–Crippen LogP) is 2.25. The van der Waals surface area contributed by atoms with E-state index >= 15 is 0 Å². The molecule has 0 bridgehead atoms. The fourth-order valence-corrected chi connectivity index (χ4v) is 1.38. The molecule has 0 aromatic rings. The molecule has 3 heteroatoms. The molecule has 0 aromatic carbocycles. The summed E-state index contributed by atoms with van der Waals surface area (Å²) in [5.41, 5.74) is 0. The van der Waals surface area contributed by atoms with Crippen molar-refractivity contribution >= 4 is 17.7 Å². The maximum Gasteiger partial charge on any atom is 0.330 e. The molecular formula is C9H16O2S. The lowest BCUT2D eigenvalue weighted by Gasteiger charge is -2.00. The van der Waals surface area contributed by atoms with Crippen LogP contribution in [0.25, 0.3) is 0 Å². The quantitative estimate of drug-likeness (QED) is 0.348. The summed E-state index contributed by atoms with van der Waals surface area (Å²) in [5.74, 6) is 1.99. The Hall–Kier alpha value is -0.440. The molecule has 0 N–H and O–H groups in total. The van der Waals surface area contributed by atoms with E-state index in [0.29, 0.717) is 6.61 Å². The second kappa shape index (κ2) is 8.65. The van der Waals surface area contributed by atoms with Gasteiger partial charge in [0, 0.05) is 6.08 Å². The number of carbonyl (C=O) groups is 1.